The van der Waals surface area contributed by atoms with Crippen molar-refractivity contribution in [3.63, 3.8) is 0 Å². The minimum atomic E-state index is -0.293. The molecule has 0 atom stereocenters. The summed E-state index contributed by atoms with van der Waals surface area (Å²) >= 11 is 1.36. The van der Waals surface area contributed by atoms with Gasteiger partial charge in [-0.2, -0.15) is 0 Å². The van der Waals surface area contributed by atoms with Gasteiger partial charge in [0.05, 0.1) is 29.9 Å². The lowest BCUT2D eigenvalue weighted by Gasteiger charge is -2.29. The standard InChI is InChI=1S/C22H24FN3O2S/c1-16-3-2-4-17(13-16)14-21(27)26(8-7-25-9-11-28-12-10-25)22-24-19-6-5-18(23)15-20(19)29-22/h2-6,13,15H,7-12,14H2,1H3. The lowest BCUT2D eigenvalue weighted by Crippen LogP contribution is -2.43. The molecule has 3 aromatic rings. The predicted octanol–water partition coefficient (Wildman–Crippen LogP) is 3.65. The smallest absolute Gasteiger partial charge is 0.233 e. The van der Waals surface area contributed by atoms with E-state index >= 15 is 0 Å². The molecule has 4 rings (SSSR count). The van der Waals surface area contributed by atoms with Gasteiger partial charge in [-0.25, -0.2) is 9.37 Å². The number of thiazole rings is 1. The molecular weight excluding hydrogens is 389 g/mol. The molecule has 0 unspecified atom stereocenters. The average molecular weight is 414 g/mol. The molecule has 152 valence electrons. The van der Waals surface area contributed by atoms with Gasteiger partial charge in [0.1, 0.15) is 5.82 Å². The fourth-order valence-electron chi connectivity index (χ4n) is 3.49. The number of amides is 1. The van der Waals surface area contributed by atoms with E-state index in [9.17, 15) is 9.18 Å². The van der Waals surface area contributed by atoms with E-state index in [1.807, 2.05) is 31.2 Å². The first-order valence-corrected chi connectivity index (χ1v) is 10.6. The molecule has 1 saturated heterocycles. The van der Waals surface area contributed by atoms with Crippen LogP contribution in [0.3, 0.4) is 0 Å². The van der Waals surface area contributed by atoms with Crippen LogP contribution in [0, 0.1) is 12.7 Å². The molecule has 0 aliphatic carbocycles. The first kappa shape index (κ1) is 19.9. The number of halogens is 1. The molecule has 0 spiro atoms. The zero-order chi connectivity index (χ0) is 20.2. The number of hydrogen-bond donors (Lipinski definition) is 0. The summed E-state index contributed by atoms with van der Waals surface area (Å²) in [7, 11) is 0. The molecule has 1 aromatic heterocycles. The van der Waals surface area contributed by atoms with Crippen LogP contribution in [0.4, 0.5) is 9.52 Å². The fourth-order valence-corrected chi connectivity index (χ4v) is 4.52. The van der Waals surface area contributed by atoms with Crippen molar-refractivity contribution in [3.05, 3.63) is 59.4 Å². The Labute approximate surface area is 173 Å². The van der Waals surface area contributed by atoms with E-state index < -0.39 is 0 Å². The van der Waals surface area contributed by atoms with E-state index in [0.717, 1.165) is 48.7 Å². The maximum absolute atomic E-state index is 13.6. The molecule has 5 nitrogen and oxygen atoms in total. The highest BCUT2D eigenvalue weighted by molar-refractivity contribution is 7.22. The number of rotatable bonds is 6. The largest absolute Gasteiger partial charge is 0.379 e. The van der Waals surface area contributed by atoms with Crippen LogP contribution in [0.15, 0.2) is 42.5 Å². The molecule has 1 aliphatic rings. The monoisotopic (exact) mass is 413 g/mol. The number of carbonyl (C=O) groups excluding carboxylic acids is 1. The van der Waals surface area contributed by atoms with Crippen LogP contribution < -0.4 is 4.90 Å². The third kappa shape index (κ3) is 4.98. The van der Waals surface area contributed by atoms with Crippen molar-refractivity contribution in [2.24, 2.45) is 0 Å². The zero-order valence-corrected chi connectivity index (χ0v) is 17.3. The summed E-state index contributed by atoms with van der Waals surface area (Å²) in [6.45, 7) is 6.50. The summed E-state index contributed by atoms with van der Waals surface area (Å²) in [4.78, 5) is 21.9. The zero-order valence-electron chi connectivity index (χ0n) is 16.4. The van der Waals surface area contributed by atoms with E-state index in [4.69, 9.17) is 4.74 Å². The van der Waals surface area contributed by atoms with Crippen molar-refractivity contribution in [2.75, 3.05) is 44.3 Å². The van der Waals surface area contributed by atoms with Gasteiger partial charge < -0.3 is 4.74 Å². The van der Waals surface area contributed by atoms with Crippen molar-refractivity contribution in [3.8, 4) is 0 Å². The van der Waals surface area contributed by atoms with E-state index in [-0.39, 0.29) is 11.7 Å². The Balaban J connectivity index is 1.57. The topological polar surface area (TPSA) is 45.7 Å². The Morgan fingerprint density at radius 2 is 2.07 bits per heavy atom. The Bertz CT molecular complexity index is 1000. The minimum absolute atomic E-state index is 0.00314. The second-order valence-corrected chi connectivity index (χ2v) is 8.28. The first-order chi connectivity index (χ1) is 14.1. The van der Waals surface area contributed by atoms with Gasteiger partial charge in [0.2, 0.25) is 5.91 Å². The Morgan fingerprint density at radius 3 is 2.86 bits per heavy atom. The van der Waals surface area contributed by atoms with Crippen molar-refractivity contribution in [2.45, 2.75) is 13.3 Å². The summed E-state index contributed by atoms with van der Waals surface area (Å²) in [5.74, 6) is -0.290. The molecule has 1 amide bonds. The molecule has 29 heavy (non-hydrogen) atoms. The maximum Gasteiger partial charge on any atom is 0.233 e. The first-order valence-electron chi connectivity index (χ1n) is 9.80. The normalized spacial score (nSPS) is 15.0. The number of anilines is 1. The average Bonchev–Trinajstić information content (AvgIpc) is 3.11. The summed E-state index contributed by atoms with van der Waals surface area (Å²) in [6.07, 6.45) is 0.315. The van der Waals surface area contributed by atoms with Crippen LogP contribution in [-0.2, 0) is 16.0 Å². The van der Waals surface area contributed by atoms with Crippen molar-refractivity contribution in [1.82, 2.24) is 9.88 Å². The molecule has 1 aliphatic heterocycles. The van der Waals surface area contributed by atoms with Crippen LogP contribution in [-0.4, -0.2) is 55.2 Å². The number of hydrogen-bond acceptors (Lipinski definition) is 5. The Morgan fingerprint density at radius 1 is 1.24 bits per heavy atom. The third-order valence-electron chi connectivity index (χ3n) is 5.05. The number of morpholine rings is 1. The van der Waals surface area contributed by atoms with Gasteiger partial charge in [-0.1, -0.05) is 41.2 Å². The highest BCUT2D eigenvalue weighted by Gasteiger charge is 2.22. The highest BCUT2D eigenvalue weighted by Crippen LogP contribution is 2.30. The predicted molar refractivity (Wildman–Crippen MR) is 114 cm³/mol. The summed E-state index contributed by atoms with van der Waals surface area (Å²) in [5, 5.41) is 0.622. The van der Waals surface area contributed by atoms with Crippen molar-refractivity contribution >= 4 is 32.6 Å². The van der Waals surface area contributed by atoms with Crippen LogP contribution in [0.25, 0.3) is 10.2 Å². The summed E-state index contributed by atoms with van der Waals surface area (Å²) < 4.78 is 19.8. The van der Waals surface area contributed by atoms with E-state index in [1.54, 1.807) is 11.0 Å². The number of carbonyl (C=O) groups is 1. The molecule has 0 N–H and O–H groups in total. The number of nitrogens with zero attached hydrogens (tertiary/aromatic N) is 3. The van der Waals surface area contributed by atoms with Crippen LogP contribution in [0.5, 0.6) is 0 Å². The number of aryl methyl sites for hydroxylation is 1. The Hall–Kier alpha value is -2.35. The summed E-state index contributed by atoms with van der Waals surface area (Å²) in [5.41, 5.74) is 2.83. The maximum atomic E-state index is 13.6. The van der Waals surface area contributed by atoms with E-state index in [2.05, 4.69) is 9.88 Å². The molecule has 0 saturated carbocycles. The molecule has 0 radical (unpaired) electrons. The van der Waals surface area contributed by atoms with Gasteiger partial charge in [0.25, 0.3) is 0 Å². The minimum Gasteiger partial charge on any atom is -0.379 e. The number of ether oxygens (including phenoxy) is 1. The summed E-state index contributed by atoms with van der Waals surface area (Å²) in [6, 6.07) is 12.5. The highest BCUT2D eigenvalue weighted by atomic mass is 32.1. The van der Waals surface area contributed by atoms with Gasteiger partial charge in [-0.3, -0.25) is 14.6 Å². The van der Waals surface area contributed by atoms with Gasteiger partial charge in [-0.05, 0) is 30.7 Å². The molecule has 0 bridgehead atoms. The van der Waals surface area contributed by atoms with Gasteiger partial charge in [-0.15, -0.1) is 0 Å². The van der Waals surface area contributed by atoms with E-state index in [1.165, 1.54) is 23.5 Å². The van der Waals surface area contributed by atoms with Crippen molar-refractivity contribution < 1.29 is 13.9 Å². The SMILES string of the molecule is Cc1cccc(CC(=O)N(CCN2CCOCC2)c2nc3ccc(F)cc3s2)c1. The lowest BCUT2D eigenvalue weighted by molar-refractivity contribution is -0.118. The van der Waals surface area contributed by atoms with Crippen LogP contribution in [0.1, 0.15) is 11.1 Å². The Kier molecular flexibility index (Phi) is 6.18. The quantitative estimate of drug-likeness (QED) is 0.619. The molecule has 1 fully saturated rings. The van der Waals surface area contributed by atoms with Gasteiger partial charge >= 0.3 is 0 Å². The van der Waals surface area contributed by atoms with Crippen LogP contribution >= 0.6 is 11.3 Å². The third-order valence-corrected chi connectivity index (χ3v) is 6.09. The van der Waals surface area contributed by atoms with Gasteiger partial charge in [0.15, 0.2) is 5.13 Å². The lowest BCUT2D eigenvalue weighted by atomic mass is 10.1. The molecular formula is C22H24FN3O2S. The second-order valence-electron chi connectivity index (χ2n) is 7.27. The molecule has 2 aromatic carbocycles. The van der Waals surface area contributed by atoms with Crippen molar-refractivity contribution in [1.29, 1.82) is 0 Å². The fraction of sp³-hybridized carbons (Fsp3) is 0.364. The molecule has 7 heteroatoms. The van der Waals surface area contributed by atoms with Gasteiger partial charge in [0, 0.05) is 26.2 Å². The van der Waals surface area contributed by atoms with E-state index in [0.29, 0.717) is 23.6 Å². The number of aromatic nitrogens is 1. The number of benzene rings is 2. The molecule has 2 heterocycles. The van der Waals surface area contributed by atoms with Crippen LogP contribution in [0.2, 0.25) is 0 Å². The second kappa shape index (κ2) is 8.98. The number of fused-ring (bicyclic) bond motifs is 1.